The molecule has 1 N–H and O–H groups in total. The second-order valence-electron chi connectivity index (χ2n) is 3.83. The molecule has 0 aliphatic carbocycles. The lowest BCUT2D eigenvalue weighted by Crippen LogP contribution is -2.26. The number of hydrogen-bond acceptors (Lipinski definition) is 4. The average molecular weight is 260 g/mol. The largest absolute Gasteiger partial charge is 0.481 e. The first kappa shape index (κ1) is 12.8. The molecule has 0 saturated carbocycles. The van der Waals surface area contributed by atoms with Gasteiger partial charge in [0.15, 0.2) is 0 Å². The number of pyridine rings is 2. The van der Waals surface area contributed by atoms with E-state index in [0.29, 0.717) is 11.6 Å². The van der Waals surface area contributed by atoms with Gasteiger partial charge in [-0.3, -0.25) is 4.79 Å². The van der Waals surface area contributed by atoms with E-state index in [2.05, 4.69) is 4.98 Å². The van der Waals surface area contributed by atoms with Gasteiger partial charge in [-0.25, -0.2) is 9.78 Å². The molecule has 0 radical (unpaired) electrons. The maximum atomic E-state index is 11.9. The summed E-state index contributed by atoms with van der Waals surface area (Å²) in [5.41, 5.74) is -0.200. The van der Waals surface area contributed by atoms with Crippen LogP contribution in [-0.4, -0.2) is 27.7 Å². The highest BCUT2D eigenvalue weighted by Gasteiger charge is 2.10. The zero-order valence-electron chi connectivity index (χ0n) is 10.2. The van der Waals surface area contributed by atoms with Crippen molar-refractivity contribution in [2.75, 3.05) is 7.11 Å². The summed E-state index contributed by atoms with van der Waals surface area (Å²) in [4.78, 5) is 26.9. The quantitative estimate of drug-likeness (QED) is 0.886. The van der Waals surface area contributed by atoms with Gasteiger partial charge >= 0.3 is 5.97 Å². The summed E-state index contributed by atoms with van der Waals surface area (Å²) in [5.74, 6) is -0.794. The summed E-state index contributed by atoms with van der Waals surface area (Å²) in [5, 5.41) is 8.89. The molecule has 0 amide bonds. The number of hydrogen-bond donors (Lipinski definition) is 1. The Bertz CT molecular complexity index is 664. The maximum Gasteiger partial charge on any atom is 0.341 e. The van der Waals surface area contributed by atoms with Gasteiger partial charge in [-0.15, -0.1) is 0 Å². The highest BCUT2D eigenvalue weighted by molar-refractivity contribution is 5.86. The Morgan fingerprint density at radius 2 is 2.16 bits per heavy atom. The molecule has 0 saturated heterocycles. The summed E-state index contributed by atoms with van der Waals surface area (Å²) in [6, 6.07) is 7.99. The molecular weight excluding hydrogens is 248 g/mol. The van der Waals surface area contributed by atoms with Crippen molar-refractivity contribution in [2.24, 2.45) is 0 Å². The number of ether oxygens (including phenoxy) is 1. The fraction of sp³-hybridized carbons (Fsp3) is 0.154. The number of aromatic carboxylic acids is 1. The molecule has 0 aliphatic heterocycles. The monoisotopic (exact) mass is 260 g/mol. The van der Waals surface area contributed by atoms with Crippen LogP contribution in [0.2, 0.25) is 0 Å². The van der Waals surface area contributed by atoms with Crippen LogP contribution in [0.3, 0.4) is 0 Å². The fourth-order valence-electron chi connectivity index (χ4n) is 1.66. The topological polar surface area (TPSA) is 81.4 Å². The fourth-order valence-corrected chi connectivity index (χ4v) is 1.66. The Labute approximate surface area is 108 Å². The zero-order valence-corrected chi connectivity index (χ0v) is 10.2. The van der Waals surface area contributed by atoms with Crippen LogP contribution >= 0.6 is 0 Å². The normalized spacial score (nSPS) is 10.2. The molecule has 0 fully saturated rings. The van der Waals surface area contributed by atoms with Crippen molar-refractivity contribution < 1.29 is 14.6 Å². The van der Waals surface area contributed by atoms with Crippen LogP contribution in [0, 0.1) is 0 Å². The van der Waals surface area contributed by atoms with Crippen molar-refractivity contribution >= 4 is 5.97 Å². The Kier molecular flexibility index (Phi) is 3.61. The first-order valence-electron chi connectivity index (χ1n) is 5.54. The van der Waals surface area contributed by atoms with Gasteiger partial charge in [0.1, 0.15) is 5.56 Å². The van der Waals surface area contributed by atoms with Crippen molar-refractivity contribution in [1.82, 2.24) is 9.55 Å². The average Bonchev–Trinajstić information content (AvgIpc) is 2.41. The van der Waals surface area contributed by atoms with Gasteiger partial charge < -0.3 is 14.4 Å². The predicted molar refractivity (Wildman–Crippen MR) is 67.6 cm³/mol. The van der Waals surface area contributed by atoms with Crippen molar-refractivity contribution in [3.05, 3.63) is 58.1 Å². The number of methoxy groups -OCH3 is 1. The van der Waals surface area contributed by atoms with E-state index in [9.17, 15) is 9.59 Å². The molecule has 0 bridgehead atoms. The molecule has 19 heavy (non-hydrogen) atoms. The van der Waals surface area contributed by atoms with Gasteiger partial charge in [0.05, 0.1) is 19.3 Å². The Hall–Kier alpha value is -2.63. The van der Waals surface area contributed by atoms with Crippen molar-refractivity contribution in [2.45, 2.75) is 6.54 Å². The molecule has 0 aliphatic rings. The molecule has 2 rings (SSSR count). The number of aromatic nitrogens is 2. The van der Waals surface area contributed by atoms with Gasteiger partial charge in [0, 0.05) is 12.3 Å². The Morgan fingerprint density at radius 1 is 1.37 bits per heavy atom. The summed E-state index contributed by atoms with van der Waals surface area (Å²) < 4.78 is 6.29. The molecule has 2 heterocycles. The molecule has 0 unspecified atom stereocenters. The van der Waals surface area contributed by atoms with Gasteiger partial charge in [0.25, 0.3) is 5.56 Å². The molecule has 2 aromatic rings. The third-order valence-electron chi connectivity index (χ3n) is 2.57. The van der Waals surface area contributed by atoms with Crippen molar-refractivity contribution in [1.29, 1.82) is 0 Å². The molecule has 0 aromatic carbocycles. The van der Waals surface area contributed by atoms with Gasteiger partial charge in [-0.05, 0) is 18.2 Å². The van der Waals surface area contributed by atoms with E-state index >= 15 is 0 Å². The molecular formula is C13H12N2O4. The van der Waals surface area contributed by atoms with Crippen LogP contribution in [0.4, 0.5) is 0 Å². The Balaban J connectivity index is 2.36. The van der Waals surface area contributed by atoms with Gasteiger partial charge in [-0.1, -0.05) is 6.07 Å². The zero-order chi connectivity index (χ0) is 13.8. The Morgan fingerprint density at radius 3 is 2.84 bits per heavy atom. The summed E-state index contributed by atoms with van der Waals surface area (Å²) in [6.07, 6.45) is 1.52. The van der Waals surface area contributed by atoms with Crippen LogP contribution in [0.25, 0.3) is 0 Å². The third kappa shape index (κ3) is 2.79. The van der Waals surface area contributed by atoms with E-state index in [-0.39, 0.29) is 12.1 Å². The van der Waals surface area contributed by atoms with Crippen LogP contribution < -0.4 is 10.3 Å². The lowest BCUT2D eigenvalue weighted by Gasteiger charge is -2.07. The van der Waals surface area contributed by atoms with Crippen LogP contribution in [0.15, 0.2) is 41.3 Å². The molecule has 0 atom stereocenters. The van der Waals surface area contributed by atoms with E-state index in [1.165, 1.54) is 30.0 Å². The van der Waals surface area contributed by atoms with Gasteiger partial charge in [-0.2, -0.15) is 0 Å². The first-order valence-corrected chi connectivity index (χ1v) is 5.54. The lowest BCUT2D eigenvalue weighted by atomic mass is 10.2. The number of carboxylic acid groups (broad SMARTS) is 1. The number of carbonyl (C=O) groups is 1. The van der Waals surface area contributed by atoms with E-state index in [1.807, 2.05) is 0 Å². The summed E-state index contributed by atoms with van der Waals surface area (Å²) >= 11 is 0. The second-order valence-corrected chi connectivity index (χ2v) is 3.83. The minimum atomic E-state index is -1.24. The first-order chi connectivity index (χ1) is 9.11. The van der Waals surface area contributed by atoms with Crippen molar-refractivity contribution in [3.63, 3.8) is 0 Å². The van der Waals surface area contributed by atoms with E-state index in [1.54, 1.807) is 18.2 Å². The van der Waals surface area contributed by atoms with Gasteiger partial charge in [0.2, 0.25) is 5.88 Å². The van der Waals surface area contributed by atoms with Crippen LogP contribution in [-0.2, 0) is 6.54 Å². The summed E-state index contributed by atoms with van der Waals surface area (Å²) in [7, 11) is 1.50. The smallest absolute Gasteiger partial charge is 0.341 e. The second kappa shape index (κ2) is 5.34. The highest BCUT2D eigenvalue weighted by atomic mass is 16.5. The molecule has 6 heteroatoms. The van der Waals surface area contributed by atoms with Crippen molar-refractivity contribution in [3.8, 4) is 5.88 Å². The number of carboxylic acids is 1. The molecule has 98 valence electrons. The lowest BCUT2D eigenvalue weighted by molar-refractivity contribution is 0.0694. The molecule has 6 nitrogen and oxygen atoms in total. The third-order valence-corrected chi connectivity index (χ3v) is 2.57. The maximum absolute atomic E-state index is 11.9. The van der Waals surface area contributed by atoms with Crippen LogP contribution in [0.1, 0.15) is 16.1 Å². The van der Waals surface area contributed by atoms with Crippen LogP contribution in [0.5, 0.6) is 5.88 Å². The highest BCUT2D eigenvalue weighted by Crippen LogP contribution is 2.07. The summed E-state index contributed by atoms with van der Waals surface area (Å²) in [6.45, 7) is 0.192. The standard InChI is InChI=1S/C13H12N2O4/c1-19-11-6-2-4-9(14-11)8-15-7-3-5-10(12(15)16)13(17)18/h2-7H,8H2,1H3,(H,17,18). The molecule has 2 aromatic heterocycles. The molecule has 0 spiro atoms. The van der Waals surface area contributed by atoms with E-state index in [0.717, 1.165) is 0 Å². The number of rotatable bonds is 4. The number of nitrogens with zero attached hydrogens (tertiary/aromatic N) is 2. The van der Waals surface area contributed by atoms with E-state index < -0.39 is 11.5 Å². The minimum Gasteiger partial charge on any atom is -0.481 e. The SMILES string of the molecule is COc1cccc(Cn2cccc(C(=O)O)c2=O)n1. The predicted octanol–water partition coefficient (Wildman–Crippen LogP) is 0.998. The van der Waals surface area contributed by atoms with E-state index in [4.69, 9.17) is 9.84 Å². The minimum absolute atomic E-state index is 0.192.